The molecule has 1 atom stereocenters. The van der Waals surface area contributed by atoms with Gasteiger partial charge in [0.1, 0.15) is 0 Å². The van der Waals surface area contributed by atoms with Crippen molar-refractivity contribution in [3.63, 3.8) is 0 Å². The first-order chi connectivity index (χ1) is 14.8. The minimum absolute atomic E-state index is 0.0147. The van der Waals surface area contributed by atoms with Crippen LogP contribution < -0.4 is 4.90 Å². The Balaban J connectivity index is 1.48. The molecule has 7 nitrogen and oxygen atoms in total. The van der Waals surface area contributed by atoms with Gasteiger partial charge in [-0.2, -0.15) is 4.31 Å². The van der Waals surface area contributed by atoms with Gasteiger partial charge in [-0.25, -0.2) is 13.2 Å². The molecule has 9 heteroatoms. The lowest BCUT2D eigenvalue weighted by Gasteiger charge is -2.22. The third-order valence-electron chi connectivity index (χ3n) is 5.66. The zero-order valence-electron chi connectivity index (χ0n) is 17.1. The van der Waals surface area contributed by atoms with Crippen molar-refractivity contribution in [3.05, 3.63) is 58.6 Å². The lowest BCUT2D eigenvalue weighted by atomic mass is 10.1. The van der Waals surface area contributed by atoms with Crippen LogP contribution in [0.4, 0.5) is 5.69 Å². The van der Waals surface area contributed by atoms with Gasteiger partial charge in [0.25, 0.3) is 5.91 Å². The van der Waals surface area contributed by atoms with Crippen LogP contribution in [-0.4, -0.2) is 50.3 Å². The number of anilines is 1. The van der Waals surface area contributed by atoms with Crippen LogP contribution in [-0.2, 0) is 26.0 Å². The number of halogens is 1. The molecule has 0 aliphatic carbocycles. The molecule has 4 rings (SSSR count). The second kappa shape index (κ2) is 8.61. The van der Waals surface area contributed by atoms with Crippen molar-refractivity contribution in [2.75, 3.05) is 24.6 Å². The Morgan fingerprint density at radius 1 is 1.13 bits per heavy atom. The van der Waals surface area contributed by atoms with Gasteiger partial charge in [-0.05, 0) is 56.0 Å². The van der Waals surface area contributed by atoms with E-state index in [1.165, 1.54) is 22.5 Å². The van der Waals surface area contributed by atoms with E-state index in [1.807, 2.05) is 31.2 Å². The fourth-order valence-electron chi connectivity index (χ4n) is 4.12. The van der Waals surface area contributed by atoms with Gasteiger partial charge in [-0.15, -0.1) is 0 Å². The highest BCUT2D eigenvalue weighted by molar-refractivity contribution is 7.89. The largest absolute Gasteiger partial charge is 0.452 e. The van der Waals surface area contributed by atoms with Crippen molar-refractivity contribution in [2.24, 2.45) is 0 Å². The van der Waals surface area contributed by atoms with Crippen molar-refractivity contribution in [2.45, 2.75) is 37.1 Å². The fourth-order valence-corrected chi connectivity index (χ4v) is 5.86. The van der Waals surface area contributed by atoms with Crippen LogP contribution in [0.5, 0.6) is 0 Å². The topological polar surface area (TPSA) is 84.0 Å². The molecule has 31 heavy (non-hydrogen) atoms. The van der Waals surface area contributed by atoms with Crippen LogP contribution in [0, 0.1) is 0 Å². The Morgan fingerprint density at radius 3 is 2.58 bits per heavy atom. The molecule has 2 aromatic rings. The van der Waals surface area contributed by atoms with Crippen molar-refractivity contribution in [1.82, 2.24) is 4.31 Å². The van der Waals surface area contributed by atoms with Crippen molar-refractivity contribution >= 4 is 39.2 Å². The molecular weight excluding hydrogens is 440 g/mol. The molecule has 0 saturated carbocycles. The monoisotopic (exact) mass is 462 g/mol. The highest BCUT2D eigenvalue weighted by Crippen LogP contribution is 2.32. The first kappa shape index (κ1) is 21.8. The second-order valence-corrected chi connectivity index (χ2v) is 10.1. The summed E-state index contributed by atoms with van der Waals surface area (Å²) in [6.07, 6.45) is 2.35. The molecule has 164 valence electrons. The van der Waals surface area contributed by atoms with Crippen LogP contribution in [0.3, 0.4) is 0 Å². The SMILES string of the molecule is CC1Cc2ccccc2N1C(=O)COC(=O)c1cc(S(=O)(=O)N2CCCC2)ccc1Cl. The van der Waals surface area contributed by atoms with Gasteiger partial charge in [0.15, 0.2) is 6.61 Å². The third-order valence-corrected chi connectivity index (χ3v) is 7.89. The molecular formula is C22H23ClN2O5S. The minimum Gasteiger partial charge on any atom is -0.452 e. The zero-order chi connectivity index (χ0) is 22.2. The van der Waals surface area contributed by atoms with Gasteiger partial charge in [0.05, 0.1) is 15.5 Å². The summed E-state index contributed by atoms with van der Waals surface area (Å²) in [4.78, 5) is 27.0. The maximum atomic E-state index is 12.8. The summed E-state index contributed by atoms with van der Waals surface area (Å²) < 4.78 is 32.2. The predicted molar refractivity (Wildman–Crippen MR) is 117 cm³/mol. The number of carbonyl (C=O) groups excluding carboxylic acids is 2. The molecule has 0 bridgehead atoms. The number of esters is 1. The minimum atomic E-state index is -3.70. The van der Waals surface area contributed by atoms with E-state index in [9.17, 15) is 18.0 Å². The van der Waals surface area contributed by atoms with E-state index in [-0.39, 0.29) is 27.4 Å². The van der Waals surface area contributed by atoms with E-state index in [1.54, 1.807) is 4.90 Å². The summed E-state index contributed by atoms with van der Waals surface area (Å²) in [6, 6.07) is 11.5. The lowest BCUT2D eigenvalue weighted by Crippen LogP contribution is -2.38. The number of para-hydroxylation sites is 1. The maximum Gasteiger partial charge on any atom is 0.340 e. The molecule has 0 aromatic heterocycles. The fraction of sp³-hybridized carbons (Fsp3) is 0.364. The zero-order valence-corrected chi connectivity index (χ0v) is 18.7. The Hall–Kier alpha value is -2.42. The highest BCUT2D eigenvalue weighted by Gasteiger charge is 2.32. The Labute approximate surface area is 186 Å². The summed E-state index contributed by atoms with van der Waals surface area (Å²) in [5.74, 6) is -1.18. The molecule has 0 radical (unpaired) electrons. The van der Waals surface area contributed by atoms with E-state index < -0.39 is 22.6 Å². The van der Waals surface area contributed by atoms with Crippen LogP contribution in [0.15, 0.2) is 47.4 Å². The number of fused-ring (bicyclic) bond motifs is 1. The van der Waals surface area contributed by atoms with E-state index in [2.05, 4.69) is 0 Å². The van der Waals surface area contributed by atoms with E-state index >= 15 is 0 Å². The number of hydrogen-bond acceptors (Lipinski definition) is 5. The first-order valence-corrected chi connectivity index (χ1v) is 12.0. The molecule has 1 fully saturated rings. The van der Waals surface area contributed by atoms with Crippen molar-refractivity contribution in [1.29, 1.82) is 0 Å². The number of benzene rings is 2. The number of sulfonamides is 1. The Kier molecular flexibility index (Phi) is 6.05. The van der Waals surface area contributed by atoms with Gasteiger partial charge >= 0.3 is 5.97 Å². The Morgan fingerprint density at radius 2 is 1.84 bits per heavy atom. The quantitative estimate of drug-likeness (QED) is 0.637. The van der Waals surface area contributed by atoms with E-state index in [0.29, 0.717) is 13.1 Å². The van der Waals surface area contributed by atoms with E-state index in [0.717, 1.165) is 30.5 Å². The average molecular weight is 463 g/mol. The smallest absolute Gasteiger partial charge is 0.340 e. The number of hydrogen-bond donors (Lipinski definition) is 0. The van der Waals surface area contributed by atoms with Gasteiger partial charge in [0, 0.05) is 24.8 Å². The highest BCUT2D eigenvalue weighted by atomic mass is 35.5. The Bertz CT molecular complexity index is 1130. The van der Waals surface area contributed by atoms with Crippen LogP contribution in [0.1, 0.15) is 35.7 Å². The average Bonchev–Trinajstić information content (AvgIpc) is 3.39. The lowest BCUT2D eigenvalue weighted by molar-refractivity contribution is -0.122. The number of nitrogens with zero attached hydrogens (tertiary/aromatic N) is 2. The summed E-state index contributed by atoms with van der Waals surface area (Å²) in [6.45, 7) is 2.38. The normalized spacial score (nSPS) is 18.8. The van der Waals surface area contributed by atoms with Crippen LogP contribution >= 0.6 is 11.6 Å². The molecule has 1 saturated heterocycles. The molecule has 2 aromatic carbocycles. The number of ether oxygens (including phenoxy) is 1. The summed E-state index contributed by atoms with van der Waals surface area (Å²) >= 11 is 6.13. The van der Waals surface area contributed by atoms with Gasteiger partial charge in [-0.3, -0.25) is 4.79 Å². The molecule has 1 amide bonds. The van der Waals surface area contributed by atoms with Crippen LogP contribution in [0.25, 0.3) is 0 Å². The first-order valence-electron chi connectivity index (χ1n) is 10.2. The van der Waals surface area contributed by atoms with Gasteiger partial charge in [0.2, 0.25) is 10.0 Å². The van der Waals surface area contributed by atoms with Crippen molar-refractivity contribution in [3.8, 4) is 0 Å². The summed E-state index contributed by atoms with van der Waals surface area (Å²) in [5.41, 5.74) is 1.80. The third kappa shape index (κ3) is 4.20. The van der Waals surface area contributed by atoms with Crippen LogP contribution in [0.2, 0.25) is 5.02 Å². The van der Waals surface area contributed by atoms with E-state index in [4.69, 9.17) is 16.3 Å². The molecule has 2 aliphatic heterocycles. The van der Waals surface area contributed by atoms with Gasteiger partial charge in [-0.1, -0.05) is 29.8 Å². The molecule has 0 spiro atoms. The molecule has 2 heterocycles. The summed E-state index contributed by atoms with van der Waals surface area (Å²) in [5, 5.41) is 0.0673. The van der Waals surface area contributed by atoms with Gasteiger partial charge < -0.3 is 9.64 Å². The number of carbonyl (C=O) groups is 2. The summed E-state index contributed by atoms with van der Waals surface area (Å²) in [7, 11) is -3.70. The number of amides is 1. The number of rotatable bonds is 5. The van der Waals surface area contributed by atoms with Crippen molar-refractivity contribution < 1.29 is 22.7 Å². The molecule has 1 unspecified atom stereocenters. The maximum absolute atomic E-state index is 12.8. The predicted octanol–water partition coefficient (Wildman–Crippen LogP) is 3.26. The second-order valence-electron chi connectivity index (χ2n) is 7.77. The standard InChI is InChI=1S/C22H23ClN2O5S/c1-15-12-16-6-2-3-7-20(16)25(15)21(26)14-30-22(27)18-13-17(8-9-19(18)23)31(28,29)24-10-4-5-11-24/h2-3,6-9,13,15H,4-5,10-12,14H2,1H3. The molecule has 2 aliphatic rings. The molecule has 0 N–H and O–H groups in total.